The first kappa shape index (κ1) is 32.7. The molecule has 0 amide bonds. The lowest BCUT2D eigenvalue weighted by Gasteiger charge is -2.36. The van der Waals surface area contributed by atoms with Crippen molar-refractivity contribution in [1.82, 2.24) is 21.0 Å². The Labute approximate surface area is 258 Å². The maximum Gasteiger partial charge on any atom is 0.416 e. The summed E-state index contributed by atoms with van der Waals surface area (Å²) in [6, 6.07) is 5.38. The number of alkyl halides is 6. The van der Waals surface area contributed by atoms with E-state index >= 15 is 0 Å². The lowest BCUT2D eigenvalue weighted by Crippen LogP contribution is -2.46. The number of benzene rings is 2. The van der Waals surface area contributed by atoms with Crippen LogP contribution < -0.4 is 15.9 Å². The van der Waals surface area contributed by atoms with Crippen molar-refractivity contribution in [3.05, 3.63) is 63.7 Å². The van der Waals surface area contributed by atoms with Gasteiger partial charge in [0.1, 0.15) is 0 Å². The summed E-state index contributed by atoms with van der Waals surface area (Å²) in [4.78, 5) is 15.6. The van der Waals surface area contributed by atoms with E-state index in [1.165, 1.54) is 5.12 Å². The summed E-state index contributed by atoms with van der Waals surface area (Å²) in [5.41, 5.74) is 6.82. The SMILES string of the molecule is Cc1cc(C)c2c(c1)[C@@H](N(Cc1cc(C(F)(F)F)cc(C(F)(F)F)c1)C1=NNN(C)N1)CCCN2CC1CCC(C(=O)O)CC1. The molecule has 8 nitrogen and oxygen atoms in total. The predicted octanol–water partition coefficient (Wildman–Crippen LogP) is 6.60. The molecule has 1 aliphatic carbocycles. The van der Waals surface area contributed by atoms with E-state index in [9.17, 15) is 36.2 Å². The highest BCUT2D eigenvalue weighted by Crippen LogP contribution is 2.43. The number of anilines is 1. The van der Waals surface area contributed by atoms with Crippen LogP contribution in [0.15, 0.2) is 35.4 Å². The molecule has 0 bridgehead atoms. The highest BCUT2D eigenvalue weighted by Gasteiger charge is 2.39. The molecule has 2 heterocycles. The van der Waals surface area contributed by atoms with E-state index in [0.717, 1.165) is 53.9 Å². The van der Waals surface area contributed by atoms with Gasteiger partial charge in [0.2, 0.25) is 5.96 Å². The van der Waals surface area contributed by atoms with Gasteiger partial charge in [-0.25, -0.2) is 5.53 Å². The maximum atomic E-state index is 13.7. The van der Waals surface area contributed by atoms with Crippen LogP contribution in [0.4, 0.5) is 32.0 Å². The molecular weight excluding hydrogens is 602 g/mol. The number of nitrogens with one attached hydrogen (secondary N) is 2. The zero-order chi connectivity index (χ0) is 32.7. The van der Waals surface area contributed by atoms with Crippen molar-refractivity contribution in [2.24, 2.45) is 16.9 Å². The molecule has 3 N–H and O–H groups in total. The van der Waals surface area contributed by atoms with Crippen LogP contribution in [-0.4, -0.2) is 47.2 Å². The summed E-state index contributed by atoms with van der Waals surface area (Å²) in [7, 11) is 1.65. The van der Waals surface area contributed by atoms with Gasteiger partial charge in [-0.3, -0.25) is 10.2 Å². The van der Waals surface area contributed by atoms with Crippen molar-refractivity contribution in [2.75, 3.05) is 25.0 Å². The van der Waals surface area contributed by atoms with E-state index in [4.69, 9.17) is 0 Å². The van der Waals surface area contributed by atoms with Crippen LogP contribution in [0.2, 0.25) is 0 Å². The van der Waals surface area contributed by atoms with Gasteiger partial charge in [0.15, 0.2) is 0 Å². The Balaban J connectivity index is 1.53. The Hall–Kier alpha value is -3.68. The minimum atomic E-state index is -4.96. The summed E-state index contributed by atoms with van der Waals surface area (Å²) < 4.78 is 82.5. The van der Waals surface area contributed by atoms with Crippen LogP contribution in [0.1, 0.15) is 77.9 Å². The molecule has 1 saturated carbocycles. The third-order valence-electron chi connectivity index (χ3n) is 8.95. The van der Waals surface area contributed by atoms with Crippen LogP contribution >= 0.6 is 0 Å². The second-order valence-electron chi connectivity index (χ2n) is 12.4. The number of hydrogen-bond acceptors (Lipinski definition) is 7. The third kappa shape index (κ3) is 7.42. The summed E-state index contributed by atoms with van der Waals surface area (Å²) in [6.45, 7) is 5.16. The van der Waals surface area contributed by atoms with E-state index in [1.54, 1.807) is 11.9 Å². The molecule has 2 aromatic rings. The number of hydrazone groups is 1. The summed E-state index contributed by atoms with van der Waals surface area (Å²) in [5.74, 6) is -0.486. The predicted molar refractivity (Wildman–Crippen MR) is 157 cm³/mol. The number of aryl methyl sites for hydroxylation is 2. The second kappa shape index (κ2) is 12.6. The molecule has 3 aliphatic rings. The van der Waals surface area contributed by atoms with Gasteiger partial charge in [-0.05, 0) is 93.2 Å². The number of carbonyl (C=O) groups is 1. The fraction of sp³-hybridized carbons (Fsp3) is 0.548. The van der Waals surface area contributed by atoms with Gasteiger partial charge in [-0.15, -0.1) is 10.2 Å². The highest BCUT2D eigenvalue weighted by molar-refractivity contribution is 5.81. The Bertz CT molecular complexity index is 1400. The van der Waals surface area contributed by atoms with Gasteiger partial charge in [-0.2, -0.15) is 26.3 Å². The minimum Gasteiger partial charge on any atom is -0.481 e. The fourth-order valence-electron chi connectivity index (χ4n) is 6.92. The van der Waals surface area contributed by atoms with Crippen molar-refractivity contribution in [1.29, 1.82) is 0 Å². The molecule has 0 spiro atoms. The Morgan fingerprint density at radius 2 is 1.62 bits per heavy atom. The van der Waals surface area contributed by atoms with Gasteiger partial charge in [-0.1, -0.05) is 17.7 Å². The minimum absolute atomic E-state index is 0.140. The van der Waals surface area contributed by atoms with Crippen molar-refractivity contribution >= 4 is 17.6 Å². The molecule has 14 heteroatoms. The van der Waals surface area contributed by atoms with E-state index in [1.807, 2.05) is 19.9 Å². The fourth-order valence-corrected chi connectivity index (χ4v) is 6.92. The quantitative estimate of drug-likeness (QED) is 0.307. The summed E-state index contributed by atoms with van der Waals surface area (Å²) in [5, 5.41) is 15.2. The van der Waals surface area contributed by atoms with Crippen molar-refractivity contribution in [2.45, 2.75) is 77.3 Å². The monoisotopic (exact) mass is 640 g/mol. The lowest BCUT2D eigenvalue weighted by molar-refractivity contribution is -0.144. The molecule has 0 radical (unpaired) electrons. The Kier molecular flexibility index (Phi) is 9.16. The number of hydrazine groups is 2. The van der Waals surface area contributed by atoms with Gasteiger partial charge in [0.25, 0.3) is 0 Å². The molecule has 5 rings (SSSR count). The molecule has 246 valence electrons. The zero-order valence-corrected chi connectivity index (χ0v) is 25.4. The number of carboxylic acids is 1. The van der Waals surface area contributed by atoms with Gasteiger partial charge >= 0.3 is 18.3 Å². The summed E-state index contributed by atoms with van der Waals surface area (Å²) in [6.07, 6.45) is -5.75. The molecule has 0 unspecified atom stereocenters. The number of aliphatic carboxylic acids is 1. The standard InChI is InChI=1S/C31H38F6N6O2/c1-18-11-19(2)27-25(12-18)26(5-4-10-42(27)16-20-6-8-22(9-7-20)28(44)45)43(29-38-40-41(3)39-29)17-21-13-23(30(32,33)34)15-24(14-21)31(35,36)37/h11-15,20,22,26,40H,4-10,16-17H2,1-3H3,(H,38,39)(H,44,45)/t20?,22?,26-/m0/s1. The first-order valence-electron chi connectivity index (χ1n) is 15.1. The molecular formula is C31H38F6N6O2. The van der Waals surface area contributed by atoms with E-state index < -0.39 is 35.5 Å². The van der Waals surface area contributed by atoms with Crippen LogP contribution in [-0.2, 0) is 23.7 Å². The average Bonchev–Trinajstić information content (AvgIpc) is 3.30. The molecule has 2 aliphatic heterocycles. The first-order chi connectivity index (χ1) is 21.1. The number of fused-ring (bicyclic) bond motifs is 1. The van der Waals surface area contributed by atoms with Crippen LogP contribution in [0.5, 0.6) is 0 Å². The van der Waals surface area contributed by atoms with Crippen molar-refractivity contribution in [3.8, 4) is 0 Å². The molecule has 2 aromatic carbocycles. The highest BCUT2D eigenvalue weighted by atomic mass is 19.4. The Morgan fingerprint density at radius 1 is 0.978 bits per heavy atom. The van der Waals surface area contributed by atoms with E-state index in [0.29, 0.717) is 38.1 Å². The van der Waals surface area contributed by atoms with Gasteiger partial charge in [0, 0.05) is 32.4 Å². The normalized spacial score (nSPS) is 22.6. The zero-order valence-electron chi connectivity index (χ0n) is 25.4. The number of carboxylic acid groups (broad SMARTS) is 1. The third-order valence-corrected chi connectivity index (χ3v) is 8.95. The molecule has 0 saturated heterocycles. The van der Waals surface area contributed by atoms with Crippen LogP contribution in [0.3, 0.4) is 0 Å². The van der Waals surface area contributed by atoms with E-state index in [-0.39, 0.29) is 30.1 Å². The number of halogens is 6. The number of rotatable bonds is 6. The molecule has 1 atom stereocenters. The second-order valence-corrected chi connectivity index (χ2v) is 12.4. The number of hydrogen-bond donors (Lipinski definition) is 3. The first-order valence-corrected chi connectivity index (χ1v) is 15.1. The largest absolute Gasteiger partial charge is 0.481 e. The average molecular weight is 641 g/mol. The van der Waals surface area contributed by atoms with Gasteiger partial charge in [0.05, 0.1) is 23.1 Å². The number of guanidine groups is 1. The van der Waals surface area contributed by atoms with E-state index in [2.05, 4.69) is 27.0 Å². The van der Waals surface area contributed by atoms with Crippen LogP contribution in [0.25, 0.3) is 0 Å². The molecule has 0 aromatic heterocycles. The smallest absolute Gasteiger partial charge is 0.416 e. The summed E-state index contributed by atoms with van der Waals surface area (Å²) >= 11 is 0. The van der Waals surface area contributed by atoms with Gasteiger partial charge < -0.3 is 14.9 Å². The Morgan fingerprint density at radius 3 is 2.18 bits per heavy atom. The lowest BCUT2D eigenvalue weighted by atomic mass is 9.81. The topological polar surface area (TPSA) is 83.4 Å². The molecule has 1 fully saturated rings. The van der Waals surface area contributed by atoms with Crippen LogP contribution in [0, 0.1) is 25.7 Å². The number of nitrogens with zero attached hydrogens (tertiary/aromatic N) is 4. The molecule has 45 heavy (non-hydrogen) atoms. The van der Waals surface area contributed by atoms with Crippen molar-refractivity contribution < 1.29 is 36.2 Å². The maximum absolute atomic E-state index is 13.7. The van der Waals surface area contributed by atoms with Crippen molar-refractivity contribution in [3.63, 3.8) is 0 Å².